The van der Waals surface area contributed by atoms with Gasteiger partial charge in [-0.2, -0.15) is 0 Å². The van der Waals surface area contributed by atoms with Crippen LogP contribution in [0.15, 0.2) is 60.8 Å². The fourth-order valence-electron chi connectivity index (χ4n) is 9.61. The number of unbranched alkanes of at least 4 members (excludes halogenated alkanes) is 39. The third-order valence-electron chi connectivity index (χ3n) is 14.5. The number of rotatable bonds is 60. The van der Waals surface area contributed by atoms with Crippen molar-refractivity contribution in [2.75, 3.05) is 13.2 Å². The van der Waals surface area contributed by atoms with E-state index in [1.807, 2.05) is 0 Å². The van der Waals surface area contributed by atoms with Gasteiger partial charge in [0.25, 0.3) is 0 Å². The smallest absolute Gasteiger partial charge is 0.306 e. The minimum Gasteiger partial charge on any atom is -0.462 e. The molecule has 0 saturated heterocycles. The number of carbonyl (C=O) groups excluding carboxylic acids is 3. The molecule has 0 heterocycles. The maximum absolute atomic E-state index is 12.9. The summed E-state index contributed by atoms with van der Waals surface area (Å²) >= 11 is 0. The predicted molar refractivity (Wildman–Crippen MR) is 325 cm³/mol. The van der Waals surface area contributed by atoms with Crippen LogP contribution in [0.1, 0.15) is 342 Å². The summed E-state index contributed by atoms with van der Waals surface area (Å²) in [5.74, 6) is -0.878. The summed E-state index contributed by atoms with van der Waals surface area (Å²) in [6.07, 6.45) is 81.1. The largest absolute Gasteiger partial charge is 0.462 e. The van der Waals surface area contributed by atoms with Crippen LogP contribution >= 0.6 is 0 Å². The summed E-state index contributed by atoms with van der Waals surface area (Å²) in [5, 5.41) is 0. The van der Waals surface area contributed by atoms with Crippen LogP contribution in [0.4, 0.5) is 0 Å². The second-order valence-corrected chi connectivity index (χ2v) is 22.0. The highest BCUT2D eigenvalue weighted by Gasteiger charge is 2.19. The summed E-state index contributed by atoms with van der Waals surface area (Å²) in [6.45, 7) is 6.54. The van der Waals surface area contributed by atoms with Crippen molar-refractivity contribution in [1.29, 1.82) is 0 Å². The molecule has 436 valence electrons. The predicted octanol–water partition coefficient (Wildman–Crippen LogP) is 22.3. The first kappa shape index (κ1) is 72.1. The Morgan fingerprint density at radius 1 is 0.280 bits per heavy atom. The third kappa shape index (κ3) is 61.8. The maximum atomic E-state index is 12.9. The number of ether oxygens (including phenoxy) is 3. The molecule has 0 aliphatic rings. The zero-order valence-electron chi connectivity index (χ0n) is 50.1. The van der Waals surface area contributed by atoms with Gasteiger partial charge in [0.2, 0.25) is 0 Å². The molecule has 0 N–H and O–H groups in total. The molecule has 0 bridgehead atoms. The fraction of sp³-hybridized carbons (Fsp3) is 0.812. The quantitative estimate of drug-likeness (QED) is 0.0261. The van der Waals surface area contributed by atoms with Crippen LogP contribution in [0.2, 0.25) is 0 Å². The van der Waals surface area contributed by atoms with E-state index in [9.17, 15) is 14.4 Å². The molecule has 1 unspecified atom stereocenters. The molecule has 0 saturated carbocycles. The SMILES string of the molecule is CC/C=C\C/C=C\C/C=C\CCCCCCCC(=O)OC(COC(=O)CCCCCCCCCCCCC)COC(=O)CCCCCCCCCCCCCCCCCCCCC/C=C\C/C=C\CCCCCCC. The zero-order valence-corrected chi connectivity index (χ0v) is 50.1. The Hall–Kier alpha value is -2.89. The molecule has 0 fully saturated rings. The molecule has 0 rings (SSSR count). The summed E-state index contributed by atoms with van der Waals surface area (Å²) in [5.41, 5.74) is 0. The lowest BCUT2D eigenvalue weighted by Crippen LogP contribution is -2.30. The Bertz CT molecular complexity index is 1340. The number of esters is 3. The second-order valence-electron chi connectivity index (χ2n) is 22.0. The molecule has 1 atom stereocenters. The number of hydrogen-bond acceptors (Lipinski definition) is 6. The van der Waals surface area contributed by atoms with Crippen molar-refractivity contribution in [3.63, 3.8) is 0 Å². The Labute approximate surface area is 466 Å². The minimum absolute atomic E-state index is 0.0771. The first-order valence-electron chi connectivity index (χ1n) is 32.8. The van der Waals surface area contributed by atoms with Gasteiger partial charge in [-0.3, -0.25) is 14.4 Å². The molecule has 0 aliphatic carbocycles. The van der Waals surface area contributed by atoms with Crippen LogP contribution in [0.5, 0.6) is 0 Å². The van der Waals surface area contributed by atoms with Gasteiger partial charge in [-0.25, -0.2) is 0 Å². The molecule has 75 heavy (non-hydrogen) atoms. The van der Waals surface area contributed by atoms with Gasteiger partial charge in [0.15, 0.2) is 6.10 Å². The van der Waals surface area contributed by atoms with E-state index in [-0.39, 0.29) is 31.1 Å². The van der Waals surface area contributed by atoms with Crippen molar-refractivity contribution in [1.82, 2.24) is 0 Å². The van der Waals surface area contributed by atoms with Crippen molar-refractivity contribution >= 4 is 17.9 Å². The lowest BCUT2D eigenvalue weighted by molar-refractivity contribution is -0.167. The van der Waals surface area contributed by atoms with E-state index in [4.69, 9.17) is 14.2 Å². The van der Waals surface area contributed by atoms with Gasteiger partial charge in [0.05, 0.1) is 0 Å². The number of hydrogen-bond donors (Lipinski definition) is 0. The van der Waals surface area contributed by atoms with Gasteiger partial charge in [0.1, 0.15) is 13.2 Å². The van der Waals surface area contributed by atoms with Crippen molar-refractivity contribution in [3.05, 3.63) is 60.8 Å². The molecular weight excluding hydrogens is 925 g/mol. The van der Waals surface area contributed by atoms with Gasteiger partial charge in [-0.15, -0.1) is 0 Å². The van der Waals surface area contributed by atoms with Crippen LogP contribution in [-0.2, 0) is 28.6 Å². The third-order valence-corrected chi connectivity index (χ3v) is 14.5. The molecule has 6 heteroatoms. The van der Waals surface area contributed by atoms with Crippen molar-refractivity contribution in [2.45, 2.75) is 348 Å². The maximum Gasteiger partial charge on any atom is 0.306 e. The standard InChI is InChI=1S/C69H124O6/c1-4-7-10-13-16-19-22-24-26-27-28-29-30-31-32-33-34-35-36-37-38-39-40-41-43-44-47-50-53-56-59-62-68(71)74-65-66(64-73-67(70)61-58-55-52-49-46-21-18-15-12-9-6-3)75-69(72)63-60-57-54-51-48-45-42-25-23-20-17-14-11-8-5-2/h8,11,17,20,22,24-25,27-28,42,66H,4-7,9-10,12-16,18-19,21,23,26,29-41,43-65H2,1-3H3/b11-8-,20-17-,24-22-,28-27-,42-25-. The van der Waals surface area contributed by atoms with Crippen molar-refractivity contribution in [3.8, 4) is 0 Å². The van der Waals surface area contributed by atoms with Crippen LogP contribution in [0.3, 0.4) is 0 Å². The topological polar surface area (TPSA) is 78.9 Å². The molecule has 0 aliphatic heterocycles. The van der Waals surface area contributed by atoms with Gasteiger partial charge >= 0.3 is 17.9 Å². The average molecular weight is 1050 g/mol. The Morgan fingerprint density at radius 3 is 0.813 bits per heavy atom. The average Bonchev–Trinajstić information content (AvgIpc) is 3.41. The molecule has 6 nitrogen and oxygen atoms in total. The Kier molecular flexibility index (Phi) is 61.2. The first-order chi connectivity index (χ1) is 37.0. The minimum atomic E-state index is -0.780. The lowest BCUT2D eigenvalue weighted by Gasteiger charge is -2.18. The summed E-state index contributed by atoms with van der Waals surface area (Å²) in [6, 6.07) is 0. The van der Waals surface area contributed by atoms with Crippen molar-refractivity contribution < 1.29 is 28.6 Å². The van der Waals surface area contributed by atoms with Gasteiger partial charge in [0, 0.05) is 19.3 Å². The van der Waals surface area contributed by atoms with Crippen LogP contribution < -0.4 is 0 Å². The van der Waals surface area contributed by atoms with Gasteiger partial charge in [-0.1, -0.05) is 300 Å². The van der Waals surface area contributed by atoms with Crippen LogP contribution in [0.25, 0.3) is 0 Å². The van der Waals surface area contributed by atoms with E-state index >= 15 is 0 Å². The Morgan fingerprint density at radius 2 is 0.520 bits per heavy atom. The van der Waals surface area contributed by atoms with Gasteiger partial charge < -0.3 is 14.2 Å². The summed E-state index contributed by atoms with van der Waals surface area (Å²) < 4.78 is 16.9. The monoisotopic (exact) mass is 1050 g/mol. The highest BCUT2D eigenvalue weighted by molar-refractivity contribution is 5.71. The van der Waals surface area contributed by atoms with E-state index in [1.54, 1.807) is 0 Å². The molecule has 0 radical (unpaired) electrons. The summed E-state index contributed by atoms with van der Waals surface area (Å²) in [7, 11) is 0. The van der Waals surface area contributed by atoms with E-state index in [2.05, 4.69) is 81.5 Å². The summed E-state index contributed by atoms with van der Waals surface area (Å²) in [4.78, 5) is 38.2. The van der Waals surface area contributed by atoms with E-state index < -0.39 is 6.10 Å². The van der Waals surface area contributed by atoms with Crippen molar-refractivity contribution in [2.24, 2.45) is 0 Å². The van der Waals surface area contributed by atoms with Crippen LogP contribution in [0, 0.1) is 0 Å². The number of allylic oxidation sites excluding steroid dienone is 10. The van der Waals surface area contributed by atoms with E-state index in [0.29, 0.717) is 19.3 Å². The first-order valence-corrected chi connectivity index (χ1v) is 32.8. The van der Waals surface area contributed by atoms with Crippen LogP contribution in [-0.4, -0.2) is 37.2 Å². The van der Waals surface area contributed by atoms with E-state index in [1.165, 1.54) is 199 Å². The molecular formula is C69H124O6. The zero-order chi connectivity index (χ0) is 54.3. The highest BCUT2D eigenvalue weighted by Crippen LogP contribution is 2.17. The lowest BCUT2D eigenvalue weighted by atomic mass is 10.0. The number of carbonyl (C=O) groups is 3. The fourth-order valence-corrected chi connectivity index (χ4v) is 9.61. The molecule has 0 amide bonds. The Balaban J connectivity index is 4.11. The molecule has 0 aromatic rings. The normalized spacial score (nSPS) is 12.4. The molecule has 0 spiro atoms. The highest BCUT2D eigenvalue weighted by atomic mass is 16.6. The second kappa shape index (κ2) is 63.6. The van der Waals surface area contributed by atoms with Gasteiger partial charge in [-0.05, 0) is 83.5 Å². The molecule has 0 aromatic carbocycles. The van der Waals surface area contributed by atoms with E-state index in [0.717, 1.165) is 103 Å². The molecule has 0 aromatic heterocycles.